The topological polar surface area (TPSA) is 73.8 Å². The minimum atomic E-state index is -0.621. The quantitative estimate of drug-likeness (QED) is 0.935. The normalized spacial score (nSPS) is 18.5. The summed E-state index contributed by atoms with van der Waals surface area (Å²) in [6, 6.07) is 3.15. The summed E-state index contributed by atoms with van der Waals surface area (Å²) in [5.74, 6) is -1.29. The summed E-state index contributed by atoms with van der Waals surface area (Å²) in [7, 11) is 0. The Morgan fingerprint density at radius 3 is 2.67 bits per heavy atom. The second-order valence-electron chi connectivity index (χ2n) is 5.21. The van der Waals surface area contributed by atoms with E-state index in [-0.39, 0.29) is 6.04 Å². The van der Waals surface area contributed by atoms with Crippen molar-refractivity contribution in [3.8, 4) is 0 Å². The van der Waals surface area contributed by atoms with Gasteiger partial charge in [0.05, 0.1) is 12.0 Å². The molecule has 5 nitrogen and oxygen atoms in total. The van der Waals surface area contributed by atoms with Gasteiger partial charge in [-0.05, 0) is 31.0 Å². The van der Waals surface area contributed by atoms with Gasteiger partial charge < -0.3 is 5.73 Å². The molecule has 21 heavy (non-hydrogen) atoms. The number of amides is 1. The number of aromatic nitrogens is 3. The van der Waals surface area contributed by atoms with Crippen LogP contribution in [0.15, 0.2) is 18.2 Å². The van der Waals surface area contributed by atoms with E-state index in [1.807, 2.05) is 0 Å². The van der Waals surface area contributed by atoms with Crippen LogP contribution in [0.4, 0.5) is 8.78 Å². The average Bonchev–Trinajstić information content (AvgIpc) is 2.95. The van der Waals surface area contributed by atoms with Gasteiger partial charge in [0.2, 0.25) is 5.91 Å². The highest BCUT2D eigenvalue weighted by molar-refractivity contribution is 5.80. The van der Waals surface area contributed by atoms with E-state index in [2.05, 4.69) is 10.1 Å². The summed E-state index contributed by atoms with van der Waals surface area (Å²) in [6.07, 6.45) is 1.31. The summed E-state index contributed by atoms with van der Waals surface area (Å²) < 4.78 is 28.3. The molecule has 1 aromatic heterocycles. The zero-order chi connectivity index (χ0) is 15.1. The molecule has 1 aromatic carbocycles. The SMILES string of the molecule is CC(C(N)=O)c1nc2n(n1)[C@@H](c1cc(F)cc(F)c1)CC2. The van der Waals surface area contributed by atoms with Gasteiger partial charge in [-0.1, -0.05) is 0 Å². The lowest BCUT2D eigenvalue weighted by molar-refractivity contribution is -0.119. The Hall–Kier alpha value is -2.31. The highest BCUT2D eigenvalue weighted by atomic mass is 19.1. The number of hydrogen-bond acceptors (Lipinski definition) is 3. The van der Waals surface area contributed by atoms with Crippen LogP contribution in [0.25, 0.3) is 0 Å². The molecule has 110 valence electrons. The lowest BCUT2D eigenvalue weighted by Crippen LogP contribution is -2.20. The maximum absolute atomic E-state index is 13.4. The second-order valence-corrected chi connectivity index (χ2v) is 5.21. The van der Waals surface area contributed by atoms with Crippen LogP contribution >= 0.6 is 0 Å². The van der Waals surface area contributed by atoms with Crippen molar-refractivity contribution in [3.05, 3.63) is 47.0 Å². The van der Waals surface area contributed by atoms with Crippen LogP contribution in [0.5, 0.6) is 0 Å². The Morgan fingerprint density at radius 2 is 2.05 bits per heavy atom. The van der Waals surface area contributed by atoms with Crippen molar-refractivity contribution in [3.63, 3.8) is 0 Å². The molecule has 0 radical (unpaired) electrons. The fourth-order valence-corrected chi connectivity index (χ4v) is 2.57. The number of rotatable bonds is 3. The molecular weight excluding hydrogens is 278 g/mol. The summed E-state index contributed by atoms with van der Waals surface area (Å²) in [6.45, 7) is 1.63. The van der Waals surface area contributed by atoms with Crippen molar-refractivity contribution in [2.45, 2.75) is 31.7 Å². The standard InChI is InChI=1S/C14H14F2N4O/c1-7(13(17)21)14-18-12-3-2-11(20(12)19-14)8-4-9(15)6-10(16)5-8/h4-7,11H,2-3H2,1H3,(H2,17,21)/t7?,11-/m1/s1. The summed E-state index contributed by atoms with van der Waals surface area (Å²) in [5.41, 5.74) is 5.75. The van der Waals surface area contributed by atoms with E-state index in [1.165, 1.54) is 12.1 Å². The van der Waals surface area contributed by atoms with Gasteiger partial charge in [-0.2, -0.15) is 5.10 Å². The number of carbonyl (C=O) groups is 1. The minimum Gasteiger partial charge on any atom is -0.369 e. The number of carbonyl (C=O) groups excluding carboxylic acids is 1. The third kappa shape index (κ3) is 2.39. The van der Waals surface area contributed by atoms with E-state index in [0.29, 0.717) is 30.1 Å². The fraction of sp³-hybridized carbons (Fsp3) is 0.357. The maximum atomic E-state index is 13.4. The first-order chi connectivity index (χ1) is 9.95. The van der Waals surface area contributed by atoms with Gasteiger partial charge in [0, 0.05) is 12.5 Å². The molecule has 0 saturated carbocycles. The maximum Gasteiger partial charge on any atom is 0.228 e. The van der Waals surface area contributed by atoms with Crippen LogP contribution in [0.1, 0.15) is 42.5 Å². The number of hydrogen-bond donors (Lipinski definition) is 1. The molecule has 0 fully saturated rings. The van der Waals surface area contributed by atoms with E-state index in [4.69, 9.17) is 5.73 Å². The fourth-order valence-electron chi connectivity index (χ4n) is 2.57. The van der Waals surface area contributed by atoms with Gasteiger partial charge in [-0.3, -0.25) is 4.79 Å². The van der Waals surface area contributed by atoms with Crippen LogP contribution in [0, 0.1) is 11.6 Å². The molecule has 1 aliphatic heterocycles. The monoisotopic (exact) mass is 292 g/mol. The van der Waals surface area contributed by atoms with E-state index in [1.54, 1.807) is 11.6 Å². The van der Waals surface area contributed by atoms with Crippen LogP contribution < -0.4 is 5.73 Å². The largest absolute Gasteiger partial charge is 0.369 e. The number of fused-ring (bicyclic) bond motifs is 1. The molecule has 2 atom stereocenters. The number of nitrogens with two attached hydrogens (primary N) is 1. The molecule has 1 unspecified atom stereocenters. The van der Waals surface area contributed by atoms with Gasteiger partial charge in [0.25, 0.3) is 0 Å². The van der Waals surface area contributed by atoms with Crippen molar-refractivity contribution < 1.29 is 13.6 Å². The van der Waals surface area contributed by atoms with Crippen LogP contribution in [0.3, 0.4) is 0 Å². The molecule has 0 aliphatic carbocycles. The first kappa shape index (κ1) is 13.7. The number of aryl methyl sites for hydroxylation is 1. The summed E-state index contributed by atoms with van der Waals surface area (Å²) in [4.78, 5) is 15.5. The van der Waals surface area contributed by atoms with Crippen molar-refractivity contribution in [1.29, 1.82) is 0 Å². The Morgan fingerprint density at radius 1 is 1.38 bits per heavy atom. The molecule has 0 spiro atoms. The van der Waals surface area contributed by atoms with Crippen molar-refractivity contribution in [1.82, 2.24) is 14.8 Å². The Bertz CT molecular complexity index is 693. The molecule has 2 heterocycles. The number of benzene rings is 1. The first-order valence-corrected chi connectivity index (χ1v) is 6.66. The Balaban J connectivity index is 1.98. The van der Waals surface area contributed by atoms with Gasteiger partial charge >= 0.3 is 0 Å². The van der Waals surface area contributed by atoms with Crippen LogP contribution in [0.2, 0.25) is 0 Å². The highest BCUT2D eigenvalue weighted by Crippen LogP contribution is 2.32. The van der Waals surface area contributed by atoms with Gasteiger partial charge in [-0.15, -0.1) is 0 Å². The molecule has 0 saturated heterocycles. The van der Waals surface area contributed by atoms with Crippen LogP contribution in [-0.4, -0.2) is 20.7 Å². The zero-order valence-corrected chi connectivity index (χ0v) is 11.4. The predicted molar refractivity (Wildman–Crippen MR) is 70.4 cm³/mol. The van der Waals surface area contributed by atoms with Crippen molar-refractivity contribution >= 4 is 5.91 Å². The van der Waals surface area contributed by atoms with Gasteiger partial charge in [0.1, 0.15) is 17.5 Å². The molecule has 3 rings (SSSR count). The molecule has 2 aromatic rings. The number of nitrogens with zero attached hydrogens (tertiary/aromatic N) is 3. The Kier molecular flexibility index (Phi) is 3.19. The first-order valence-electron chi connectivity index (χ1n) is 6.66. The highest BCUT2D eigenvalue weighted by Gasteiger charge is 2.29. The molecule has 7 heteroatoms. The van der Waals surface area contributed by atoms with E-state index in [9.17, 15) is 13.6 Å². The lowest BCUT2D eigenvalue weighted by Gasteiger charge is -2.12. The van der Waals surface area contributed by atoms with Gasteiger partial charge in [-0.25, -0.2) is 18.4 Å². The van der Waals surface area contributed by atoms with Crippen molar-refractivity contribution in [2.75, 3.05) is 0 Å². The summed E-state index contributed by atoms with van der Waals surface area (Å²) in [5, 5.41) is 4.29. The van der Waals surface area contributed by atoms with Crippen LogP contribution in [-0.2, 0) is 11.2 Å². The molecular formula is C14H14F2N4O. The Labute approximate surface area is 119 Å². The van der Waals surface area contributed by atoms with Crippen molar-refractivity contribution in [2.24, 2.45) is 5.73 Å². The molecule has 1 amide bonds. The second kappa shape index (κ2) is 4.91. The number of primary amides is 1. The third-order valence-electron chi connectivity index (χ3n) is 3.74. The van der Waals surface area contributed by atoms with E-state index >= 15 is 0 Å². The lowest BCUT2D eigenvalue weighted by atomic mass is 10.0. The summed E-state index contributed by atoms with van der Waals surface area (Å²) >= 11 is 0. The zero-order valence-electron chi connectivity index (χ0n) is 11.4. The molecule has 0 bridgehead atoms. The third-order valence-corrected chi connectivity index (χ3v) is 3.74. The predicted octanol–water partition coefficient (Wildman–Crippen LogP) is 1.68. The molecule has 2 N–H and O–H groups in total. The number of halogens is 2. The van der Waals surface area contributed by atoms with Gasteiger partial charge in [0.15, 0.2) is 5.82 Å². The van der Waals surface area contributed by atoms with E-state index < -0.39 is 23.5 Å². The minimum absolute atomic E-state index is 0.272. The smallest absolute Gasteiger partial charge is 0.228 e. The molecule has 1 aliphatic rings. The average molecular weight is 292 g/mol. The van der Waals surface area contributed by atoms with E-state index in [0.717, 1.165) is 6.07 Å².